The van der Waals surface area contributed by atoms with Gasteiger partial charge in [0, 0.05) is 30.4 Å². The zero-order valence-electron chi connectivity index (χ0n) is 10.7. The van der Waals surface area contributed by atoms with E-state index in [-0.39, 0.29) is 12.1 Å². The molecule has 0 spiro atoms. The predicted octanol–water partition coefficient (Wildman–Crippen LogP) is 2.35. The molecule has 0 saturated heterocycles. The van der Waals surface area contributed by atoms with Gasteiger partial charge in [-0.1, -0.05) is 0 Å². The van der Waals surface area contributed by atoms with Crippen LogP contribution in [0.25, 0.3) is 0 Å². The molecule has 102 valence electrons. The van der Waals surface area contributed by atoms with Crippen LogP contribution in [0.15, 0.2) is 18.2 Å². The highest BCUT2D eigenvalue weighted by Gasteiger charge is 2.30. The van der Waals surface area contributed by atoms with Crippen LogP contribution in [0, 0.1) is 17.0 Å². The van der Waals surface area contributed by atoms with Crippen molar-refractivity contribution in [1.29, 1.82) is 0 Å². The number of nitrogens with zero attached hydrogens (tertiary/aromatic N) is 2. The lowest BCUT2D eigenvalue weighted by atomic mass is 10.1. The van der Waals surface area contributed by atoms with Crippen molar-refractivity contribution in [2.75, 3.05) is 11.4 Å². The van der Waals surface area contributed by atoms with E-state index in [9.17, 15) is 14.9 Å². The Morgan fingerprint density at radius 2 is 2.21 bits per heavy atom. The molecular weight excluding hydrogens is 248 g/mol. The number of nitro groups is 1. The third-order valence-electron chi connectivity index (χ3n) is 3.25. The fourth-order valence-corrected chi connectivity index (χ4v) is 2.18. The maximum Gasteiger partial charge on any atom is 0.305 e. The van der Waals surface area contributed by atoms with Crippen molar-refractivity contribution in [3.63, 3.8) is 0 Å². The number of non-ortho nitro benzene ring substituents is 1. The first-order valence-corrected chi connectivity index (χ1v) is 6.22. The third-order valence-corrected chi connectivity index (χ3v) is 3.25. The van der Waals surface area contributed by atoms with E-state index in [0.29, 0.717) is 12.6 Å². The molecule has 1 aromatic carbocycles. The summed E-state index contributed by atoms with van der Waals surface area (Å²) < 4.78 is 0. The number of rotatable bonds is 6. The van der Waals surface area contributed by atoms with Crippen molar-refractivity contribution < 1.29 is 14.8 Å². The van der Waals surface area contributed by atoms with Gasteiger partial charge in [-0.05, 0) is 31.4 Å². The van der Waals surface area contributed by atoms with E-state index in [1.54, 1.807) is 6.07 Å². The van der Waals surface area contributed by atoms with Crippen LogP contribution in [0.2, 0.25) is 0 Å². The summed E-state index contributed by atoms with van der Waals surface area (Å²) >= 11 is 0. The van der Waals surface area contributed by atoms with E-state index in [2.05, 4.69) is 0 Å². The summed E-state index contributed by atoms with van der Waals surface area (Å²) in [5.74, 6) is -0.829. The molecule has 6 heteroatoms. The number of carbonyl (C=O) groups is 1. The van der Waals surface area contributed by atoms with Crippen LogP contribution in [-0.2, 0) is 4.79 Å². The number of aliphatic carboxylic acids is 1. The van der Waals surface area contributed by atoms with Crippen molar-refractivity contribution in [2.45, 2.75) is 32.2 Å². The maximum absolute atomic E-state index is 10.7. The summed E-state index contributed by atoms with van der Waals surface area (Å²) in [6.07, 6.45) is 2.18. The number of carboxylic acid groups (broad SMARTS) is 1. The fraction of sp³-hybridized carbons (Fsp3) is 0.462. The molecule has 1 aromatic rings. The number of nitro benzene ring substituents is 1. The number of benzene rings is 1. The Balaban J connectivity index is 2.21. The maximum atomic E-state index is 10.7. The molecule has 0 atom stereocenters. The first-order chi connectivity index (χ1) is 8.99. The summed E-state index contributed by atoms with van der Waals surface area (Å²) in [7, 11) is 0. The zero-order valence-corrected chi connectivity index (χ0v) is 10.7. The molecule has 0 amide bonds. The quantitative estimate of drug-likeness (QED) is 0.629. The second-order valence-corrected chi connectivity index (χ2v) is 4.80. The molecule has 1 N–H and O–H groups in total. The Bertz CT molecular complexity index is 511. The Hall–Kier alpha value is -2.11. The normalized spacial score (nSPS) is 14.2. The Morgan fingerprint density at radius 3 is 2.68 bits per heavy atom. The van der Waals surface area contributed by atoms with Gasteiger partial charge in [0.05, 0.1) is 11.3 Å². The van der Waals surface area contributed by atoms with Gasteiger partial charge in [-0.25, -0.2) is 0 Å². The van der Waals surface area contributed by atoms with Crippen molar-refractivity contribution in [3.8, 4) is 0 Å². The van der Waals surface area contributed by atoms with Crippen LogP contribution in [-0.4, -0.2) is 28.6 Å². The first-order valence-electron chi connectivity index (χ1n) is 6.22. The average Bonchev–Trinajstić information content (AvgIpc) is 3.14. The molecule has 0 heterocycles. The molecular formula is C13H16N2O4. The van der Waals surface area contributed by atoms with Gasteiger partial charge in [-0.2, -0.15) is 0 Å². The van der Waals surface area contributed by atoms with Crippen molar-refractivity contribution in [2.24, 2.45) is 0 Å². The minimum absolute atomic E-state index is 0.0650. The summed E-state index contributed by atoms with van der Waals surface area (Å²) in [6.45, 7) is 2.26. The highest BCUT2D eigenvalue weighted by atomic mass is 16.6. The van der Waals surface area contributed by atoms with Gasteiger partial charge < -0.3 is 10.0 Å². The lowest BCUT2D eigenvalue weighted by Gasteiger charge is -2.25. The molecule has 1 saturated carbocycles. The molecule has 1 fully saturated rings. The van der Waals surface area contributed by atoms with Gasteiger partial charge in [0.25, 0.3) is 5.69 Å². The van der Waals surface area contributed by atoms with Crippen LogP contribution in [0.1, 0.15) is 24.8 Å². The molecule has 2 rings (SSSR count). The second kappa shape index (κ2) is 5.26. The number of aryl methyl sites for hydroxylation is 1. The van der Waals surface area contributed by atoms with E-state index in [1.807, 2.05) is 11.8 Å². The largest absolute Gasteiger partial charge is 0.481 e. The second-order valence-electron chi connectivity index (χ2n) is 4.80. The average molecular weight is 264 g/mol. The number of hydrogen-bond donors (Lipinski definition) is 1. The van der Waals surface area contributed by atoms with Crippen molar-refractivity contribution in [1.82, 2.24) is 0 Å². The number of hydrogen-bond acceptors (Lipinski definition) is 4. The van der Waals surface area contributed by atoms with Crippen molar-refractivity contribution >= 4 is 17.3 Å². The standard InChI is InChI=1S/C13H16N2O4/c1-9-8-11(15(18)19)4-5-12(9)14(10-2-3-10)7-6-13(16)17/h4-5,8,10H,2-3,6-7H2,1H3,(H,16,17). The third kappa shape index (κ3) is 3.21. The summed E-state index contributed by atoms with van der Waals surface area (Å²) in [5, 5.41) is 19.5. The Labute approximate surface area is 110 Å². The molecule has 1 aliphatic carbocycles. The van der Waals surface area contributed by atoms with Crippen LogP contribution in [0.3, 0.4) is 0 Å². The summed E-state index contributed by atoms with van der Waals surface area (Å²) in [6, 6.07) is 5.09. The minimum Gasteiger partial charge on any atom is -0.481 e. The van der Waals surface area contributed by atoms with E-state index in [1.165, 1.54) is 12.1 Å². The van der Waals surface area contributed by atoms with Crippen molar-refractivity contribution in [3.05, 3.63) is 33.9 Å². The van der Waals surface area contributed by atoms with Crippen LogP contribution < -0.4 is 4.90 Å². The molecule has 6 nitrogen and oxygen atoms in total. The Kier molecular flexibility index (Phi) is 3.69. The molecule has 1 aliphatic rings. The highest BCUT2D eigenvalue weighted by Crippen LogP contribution is 2.34. The lowest BCUT2D eigenvalue weighted by Crippen LogP contribution is -2.29. The number of carboxylic acids is 1. The smallest absolute Gasteiger partial charge is 0.305 e. The molecule has 0 aromatic heterocycles. The lowest BCUT2D eigenvalue weighted by molar-refractivity contribution is -0.384. The van der Waals surface area contributed by atoms with Crippen LogP contribution in [0.4, 0.5) is 11.4 Å². The zero-order chi connectivity index (χ0) is 14.0. The topological polar surface area (TPSA) is 83.7 Å². The van der Waals surface area contributed by atoms with Gasteiger partial charge in [0.2, 0.25) is 0 Å². The number of anilines is 1. The van der Waals surface area contributed by atoms with Crippen LogP contribution >= 0.6 is 0 Å². The van der Waals surface area contributed by atoms with Gasteiger partial charge in [-0.15, -0.1) is 0 Å². The summed E-state index contributed by atoms with van der Waals surface area (Å²) in [4.78, 5) is 23.0. The SMILES string of the molecule is Cc1cc([N+](=O)[O-])ccc1N(CCC(=O)O)C1CC1. The fourth-order valence-electron chi connectivity index (χ4n) is 2.18. The molecule has 0 radical (unpaired) electrons. The molecule has 0 unspecified atom stereocenters. The van der Waals surface area contributed by atoms with Gasteiger partial charge in [0.15, 0.2) is 0 Å². The van der Waals surface area contributed by atoms with Gasteiger partial charge in [-0.3, -0.25) is 14.9 Å². The van der Waals surface area contributed by atoms with Gasteiger partial charge >= 0.3 is 5.97 Å². The first kappa shape index (κ1) is 13.3. The highest BCUT2D eigenvalue weighted by molar-refractivity contribution is 5.68. The molecule has 19 heavy (non-hydrogen) atoms. The van der Waals surface area contributed by atoms with E-state index < -0.39 is 10.9 Å². The molecule has 0 bridgehead atoms. The minimum atomic E-state index is -0.829. The van der Waals surface area contributed by atoms with Crippen LogP contribution in [0.5, 0.6) is 0 Å². The predicted molar refractivity (Wildman–Crippen MR) is 70.5 cm³/mol. The monoisotopic (exact) mass is 264 g/mol. The summed E-state index contributed by atoms with van der Waals surface area (Å²) in [5.41, 5.74) is 1.77. The van der Waals surface area contributed by atoms with E-state index in [4.69, 9.17) is 5.11 Å². The van der Waals surface area contributed by atoms with Gasteiger partial charge in [0.1, 0.15) is 0 Å². The molecule has 0 aliphatic heterocycles. The van der Waals surface area contributed by atoms with E-state index in [0.717, 1.165) is 24.1 Å². The Morgan fingerprint density at radius 1 is 1.53 bits per heavy atom. The van der Waals surface area contributed by atoms with E-state index >= 15 is 0 Å².